The number of carboxylic acid groups (broad SMARTS) is 1. The molecule has 3 nitrogen and oxygen atoms in total. The van der Waals surface area contributed by atoms with E-state index in [0.717, 1.165) is 19.3 Å². The minimum absolute atomic E-state index is 0.292. The normalized spacial score (nSPS) is 18.8. The first-order valence-electron chi connectivity index (χ1n) is 6.43. The van der Waals surface area contributed by atoms with Gasteiger partial charge in [0.1, 0.15) is 0 Å². The van der Waals surface area contributed by atoms with Crippen LogP contribution in [0, 0.1) is 5.92 Å². The maximum atomic E-state index is 10.8. The summed E-state index contributed by atoms with van der Waals surface area (Å²) in [4.78, 5) is 10.8. The molecule has 0 spiro atoms. The molecule has 0 radical (unpaired) electrons. The van der Waals surface area contributed by atoms with E-state index in [0.29, 0.717) is 12.3 Å². The Morgan fingerprint density at radius 1 is 1.44 bits per heavy atom. The average Bonchev–Trinajstić information content (AvgIpc) is 2.63. The van der Waals surface area contributed by atoms with E-state index < -0.39 is 5.97 Å². The van der Waals surface area contributed by atoms with Gasteiger partial charge in [0.15, 0.2) is 0 Å². The monoisotopic (exact) mass is 243 g/mol. The van der Waals surface area contributed by atoms with Gasteiger partial charge in [0.25, 0.3) is 0 Å². The van der Waals surface area contributed by atoms with Crippen molar-refractivity contribution in [3.05, 3.63) is 35.5 Å². The molecule has 1 aromatic heterocycles. The molecule has 0 amide bonds. The van der Waals surface area contributed by atoms with E-state index in [1.54, 1.807) is 0 Å². The van der Waals surface area contributed by atoms with Gasteiger partial charge in [-0.2, -0.15) is 0 Å². The Bertz CT molecular complexity index is 612. The van der Waals surface area contributed by atoms with Crippen LogP contribution in [0.5, 0.6) is 0 Å². The highest BCUT2D eigenvalue weighted by Gasteiger charge is 2.25. The minimum atomic E-state index is -0.677. The van der Waals surface area contributed by atoms with Gasteiger partial charge in [0.05, 0.1) is 0 Å². The third-order valence-electron chi connectivity index (χ3n) is 4.09. The molecule has 1 heterocycles. The maximum Gasteiger partial charge on any atom is 0.303 e. The molecule has 0 saturated heterocycles. The second-order valence-corrected chi connectivity index (χ2v) is 5.21. The van der Waals surface area contributed by atoms with Crippen LogP contribution in [-0.4, -0.2) is 15.6 Å². The molecule has 1 aliphatic rings. The van der Waals surface area contributed by atoms with Gasteiger partial charge in [-0.1, -0.05) is 18.2 Å². The lowest BCUT2D eigenvalue weighted by Gasteiger charge is -2.22. The van der Waals surface area contributed by atoms with Crippen LogP contribution in [0.25, 0.3) is 10.9 Å². The first-order chi connectivity index (χ1) is 8.66. The zero-order valence-electron chi connectivity index (χ0n) is 10.5. The molecule has 1 aromatic carbocycles. The summed E-state index contributed by atoms with van der Waals surface area (Å²) in [5.41, 5.74) is 4.02. The van der Waals surface area contributed by atoms with Gasteiger partial charge in [-0.3, -0.25) is 4.79 Å². The third-order valence-corrected chi connectivity index (χ3v) is 4.09. The summed E-state index contributed by atoms with van der Waals surface area (Å²) in [5, 5.41) is 10.2. The van der Waals surface area contributed by atoms with Gasteiger partial charge >= 0.3 is 5.97 Å². The molecule has 0 unspecified atom stereocenters. The molecule has 0 fully saturated rings. The van der Waals surface area contributed by atoms with Crippen molar-refractivity contribution in [2.24, 2.45) is 13.0 Å². The summed E-state index contributed by atoms with van der Waals surface area (Å²) >= 11 is 0. The number of fused-ring (bicyclic) bond motifs is 3. The van der Waals surface area contributed by atoms with Crippen LogP contribution >= 0.6 is 0 Å². The van der Waals surface area contributed by atoms with E-state index >= 15 is 0 Å². The number of aromatic nitrogens is 1. The summed E-state index contributed by atoms with van der Waals surface area (Å²) in [7, 11) is 2.11. The maximum absolute atomic E-state index is 10.8. The van der Waals surface area contributed by atoms with Crippen LogP contribution in [0.3, 0.4) is 0 Å². The van der Waals surface area contributed by atoms with Crippen LogP contribution in [0.1, 0.15) is 24.1 Å². The molecule has 0 bridgehead atoms. The van der Waals surface area contributed by atoms with Crippen molar-refractivity contribution in [3.8, 4) is 0 Å². The number of para-hydroxylation sites is 1. The van der Waals surface area contributed by atoms with Gasteiger partial charge < -0.3 is 9.67 Å². The Kier molecular flexibility index (Phi) is 2.62. The number of hydrogen-bond donors (Lipinski definition) is 1. The van der Waals surface area contributed by atoms with E-state index in [-0.39, 0.29) is 0 Å². The van der Waals surface area contributed by atoms with Crippen molar-refractivity contribution >= 4 is 16.9 Å². The lowest BCUT2D eigenvalue weighted by molar-refractivity contribution is -0.138. The minimum Gasteiger partial charge on any atom is -0.481 e. The molecular weight excluding hydrogens is 226 g/mol. The second-order valence-electron chi connectivity index (χ2n) is 5.21. The molecular formula is C15H17NO2. The van der Waals surface area contributed by atoms with Crippen molar-refractivity contribution < 1.29 is 9.90 Å². The fourth-order valence-electron chi connectivity index (χ4n) is 3.22. The Morgan fingerprint density at radius 2 is 2.22 bits per heavy atom. The van der Waals surface area contributed by atoms with Gasteiger partial charge in [-0.15, -0.1) is 0 Å². The summed E-state index contributed by atoms with van der Waals surface area (Å²) < 4.78 is 2.27. The topological polar surface area (TPSA) is 42.2 Å². The van der Waals surface area contributed by atoms with Gasteiger partial charge in [0.2, 0.25) is 0 Å². The quantitative estimate of drug-likeness (QED) is 0.881. The van der Waals surface area contributed by atoms with Gasteiger partial charge in [0, 0.05) is 30.1 Å². The number of aryl methyl sites for hydroxylation is 1. The highest BCUT2D eigenvalue weighted by molar-refractivity contribution is 5.85. The molecule has 1 aliphatic carbocycles. The number of carboxylic acids is 1. The van der Waals surface area contributed by atoms with Crippen molar-refractivity contribution in [2.45, 2.75) is 25.7 Å². The lowest BCUT2D eigenvalue weighted by atomic mass is 9.84. The number of carbonyl (C=O) groups is 1. The number of benzene rings is 1. The zero-order valence-corrected chi connectivity index (χ0v) is 10.5. The molecule has 0 saturated carbocycles. The Balaban J connectivity index is 2.04. The van der Waals surface area contributed by atoms with E-state index in [1.165, 1.54) is 22.2 Å². The Labute approximate surface area is 106 Å². The van der Waals surface area contributed by atoms with E-state index in [1.807, 2.05) is 0 Å². The molecule has 1 atom stereocenters. The average molecular weight is 243 g/mol. The highest BCUT2D eigenvalue weighted by Crippen LogP contribution is 2.34. The van der Waals surface area contributed by atoms with Crippen LogP contribution in [0.15, 0.2) is 24.3 Å². The Morgan fingerprint density at radius 3 is 3.00 bits per heavy atom. The SMILES string of the molecule is Cn1c2c(c3ccccc31)C[C@H](CC(=O)O)CC2. The molecule has 94 valence electrons. The molecule has 0 aliphatic heterocycles. The standard InChI is InChI=1S/C15H17NO2/c1-16-13-5-3-2-4-11(13)12-8-10(9-15(17)18)6-7-14(12)16/h2-5,10H,6-9H2,1H3,(H,17,18)/t10-/m1/s1. The summed E-state index contributed by atoms with van der Waals surface area (Å²) in [6.07, 6.45) is 3.19. The van der Waals surface area contributed by atoms with Crippen LogP contribution in [0.4, 0.5) is 0 Å². The van der Waals surface area contributed by atoms with Gasteiger partial charge in [-0.25, -0.2) is 0 Å². The number of nitrogens with zero attached hydrogens (tertiary/aromatic N) is 1. The van der Waals surface area contributed by atoms with Crippen molar-refractivity contribution in [1.82, 2.24) is 4.57 Å². The first kappa shape index (κ1) is 11.3. The van der Waals surface area contributed by atoms with E-state index in [9.17, 15) is 4.79 Å². The second kappa shape index (κ2) is 4.16. The summed E-state index contributed by atoms with van der Waals surface area (Å²) in [6.45, 7) is 0. The smallest absolute Gasteiger partial charge is 0.303 e. The molecule has 18 heavy (non-hydrogen) atoms. The lowest BCUT2D eigenvalue weighted by Crippen LogP contribution is -2.18. The number of rotatable bonds is 2. The molecule has 2 aromatic rings. The molecule has 3 heteroatoms. The van der Waals surface area contributed by atoms with Crippen LogP contribution in [0.2, 0.25) is 0 Å². The summed E-state index contributed by atoms with van der Waals surface area (Å²) in [5.74, 6) is -0.385. The van der Waals surface area contributed by atoms with Crippen LogP contribution < -0.4 is 0 Å². The van der Waals surface area contributed by atoms with Crippen molar-refractivity contribution in [3.63, 3.8) is 0 Å². The Hall–Kier alpha value is -1.77. The summed E-state index contributed by atoms with van der Waals surface area (Å²) in [6, 6.07) is 8.41. The first-order valence-corrected chi connectivity index (χ1v) is 6.43. The highest BCUT2D eigenvalue weighted by atomic mass is 16.4. The predicted octanol–water partition coefficient (Wildman–Crippen LogP) is 2.76. The fraction of sp³-hybridized carbons (Fsp3) is 0.400. The van der Waals surface area contributed by atoms with E-state index in [2.05, 4.69) is 35.9 Å². The molecule has 1 N–H and O–H groups in total. The van der Waals surface area contributed by atoms with Crippen molar-refractivity contribution in [2.75, 3.05) is 0 Å². The number of aliphatic carboxylic acids is 1. The molecule has 3 rings (SSSR count). The van der Waals surface area contributed by atoms with E-state index in [4.69, 9.17) is 5.11 Å². The van der Waals surface area contributed by atoms with Gasteiger partial charge in [-0.05, 0) is 36.8 Å². The third kappa shape index (κ3) is 1.70. The number of hydrogen-bond acceptors (Lipinski definition) is 1. The van der Waals surface area contributed by atoms with Crippen molar-refractivity contribution in [1.29, 1.82) is 0 Å². The zero-order chi connectivity index (χ0) is 12.7. The van der Waals surface area contributed by atoms with Crippen LogP contribution in [-0.2, 0) is 24.7 Å². The fourth-order valence-corrected chi connectivity index (χ4v) is 3.22. The predicted molar refractivity (Wildman–Crippen MR) is 70.7 cm³/mol. The largest absolute Gasteiger partial charge is 0.481 e.